The molecule has 3 aromatic rings. The highest BCUT2D eigenvalue weighted by atomic mass is 31.2. The summed E-state index contributed by atoms with van der Waals surface area (Å²) in [5.41, 5.74) is 2.39. The molecule has 4 rings (SSSR count). The van der Waals surface area contributed by atoms with E-state index in [1.807, 2.05) is 30.3 Å². The van der Waals surface area contributed by atoms with Crippen molar-refractivity contribution in [3.63, 3.8) is 0 Å². The fourth-order valence-electron chi connectivity index (χ4n) is 6.36. The fourth-order valence-corrected chi connectivity index (χ4v) is 8.05. The average Bonchev–Trinajstić information content (AvgIpc) is 3.08. The SMILES string of the molecule is COc1ccc(C(OCC2CCC(COP(OCCC#N)N(C(C)C)C(C)C)CC2)(c2ccccc2)c2ccc(OC)cc2)cc1. The second kappa shape index (κ2) is 17.8. The zero-order valence-corrected chi connectivity index (χ0v) is 29.2. The van der Waals surface area contributed by atoms with Crippen LogP contribution in [0.1, 0.15) is 76.5 Å². The molecular formula is C38H51N2O5P. The number of rotatable bonds is 17. The normalized spacial score (nSPS) is 17.7. The number of benzene rings is 3. The zero-order valence-electron chi connectivity index (χ0n) is 28.4. The minimum atomic E-state index is -1.22. The molecule has 0 amide bonds. The third-order valence-electron chi connectivity index (χ3n) is 8.76. The summed E-state index contributed by atoms with van der Waals surface area (Å²) in [6, 6.07) is 29.7. The first-order valence-corrected chi connectivity index (χ1v) is 17.6. The summed E-state index contributed by atoms with van der Waals surface area (Å²) in [7, 11) is 2.16. The molecule has 1 unspecified atom stereocenters. The monoisotopic (exact) mass is 646 g/mol. The van der Waals surface area contributed by atoms with E-state index in [9.17, 15) is 0 Å². The van der Waals surface area contributed by atoms with Gasteiger partial charge in [0.15, 0.2) is 0 Å². The summed E-state index contributed by atoms with van der Waals surface area (Å²) in [6.45, 7) is 10.4. The summed E-state index contributed by atoms with van der Waals surface area (Å²) in [4.78, 5) is 0. The van der Waals surface area contributed by atoms with Gasteiger partial charge < -0.3 is 23.3 Å². The van der Waals surface area contributed by atoms with Crippen LogP contribution in [-0.2, 0) is 19.4 Å². The highest BCUT2D eigenvalue weighted by molar-refractivity contribution is 7.44. The molecule has 0 bridgehead atoms. The Balaban J connectivity index is 1.49. The molecule has 1 aliphatic rings. The van der Waals surface area contributed by atoms with Gasteiger partial charge >= 0.3 is 0 Å². The van der Waals surface area contributed by atoms with Crippen LogP contribution >= 0.6 is 8.53 Å². The lowest BCUT2D eigenvalue weighted by Gasteiger charge is -2.39. The van der Waals surface area contributed by atoms with Gasteiger partial charge in [-0.05, 0) is 106 Å². The standard InChI is InChI=1S/C38H51N2O5P/c1-29(2)40(30(3)4)46(44-26-10-25-39)45-28-32-15-13-31(14-16-32)27-43-38(33-11-8-7-9-12-33,34-17-21-36(41-5)22-18-34)35-19-23-37(42-6)24-20-35/h7-9,11-12,17-24,29-32H,10,13-16,26-28H2,1-6H3. The van der Waals surface area contributed by atoms with Gasteiger partial charge in [0.25, 0.3) is 8.53 Å². The molecule has 3 aromatic carbocycles. The molecule has 0 N–H and O–H groups in total. The fraction of sp³-hybridized carbons (Fsp3) is 0.500. The molecule has 0 aliphatic heterocycles. The van der Waals surface area contributed by atoms with Crippen LogP contribution in [0.4, 0.5) is 0 Å². The van der Waals surface area contributed by atoms with Crippen molar-refractivity contribution in [1.29, 1.82) is 5.26 Å². The molecule has 8 heteroatoms. The molecule has 1 saturated carbocycles. The number of nitrogens with zero attached hydrogens (tertiary/aromatic N) is 2. The van der Waals surface area contributed by atoms with Crippen molar-refractivity contribution in [1.82, 2.24) is 4.67 Å². The lowest BCUT2D eigenvalue weighted by Crippen LogP contribution is -2.35. The van der Waals surface area contributed by atoms with Crippen molar-refractivity contribution >= 4 is 8.53 Å². The minimum Gasteiger partial charge on any atom is -0.497 e. The van der Waals surface area contributed by atoms with Crippen molar-refractivity contribution in [3.8, 4) is 17.6 Å². The van der Waals surface area contributed by atoms with Crippen LogP contribution in [0.3, 0.4) is 0 Å². The highest BCUT2D eigenvalue weighted by Crippen LogP contribution is 2.47. The molecule has 0 radical (unpaired) electrons. The summed E-state index contributed by atoms with van der Waals surface area (Å²) in [5, 5.41) is 9.03. The maximum atomic E-state index is 9.03. The van der Waals surface area contributed by atoms with Gasteiger partial charge in [-0.15, -0.1) is 0 Å². The smallest absolute Gasteiger partial charge is 0.259 e. The Labute approximate surface area is 277 Å². The van der Waals surface area contributed by atoms with Crippen LogP contribution in [0.5, 0.6) is 11.5 Å². The molecule has 1 fully saturated rings. The van der Waals surface area contributed by atoms with E-state index in [1.165, 1.54) is 0 Å². The molecule has 1 aliphatic carbocycles. The summed E-state index contributed by atoms with van der Waals surface area (Å²) in [5.74, 6) is 2.53. The Kier molecular flexibility index (Phi) is 13.9. The van der Waals surface area contributed by atoms with E-state index in [0.717, 1.165) is 53.9 Å². The Morgan fingerprint density at radius 2 is 1.20 bits per heavy atom. The number of hydrogen-bond donors (Lipinski definition) is 0. The molecule has 0 aromatic heterocycles. The van der Waals surface area contributed by atoms with E-state index in [1.54, 1.807) is 14.2 Å². The minimum absolute atomic E-state index is 0.294. The van der Waals surface area contributed by atoms with Gasteiger partial charge in [0.1, 0.15) is 17.1 Å². The Bertz CT molecular complexity index is 1280. The van der Waals surface area contributed by atoms with Gasteiger partial charge in [-0.1, -0.05) is 54.6 Å². The Morgan fingerprint density at radius 1 is 0.717 bits per heavy atom. The lowest BCUT2D eigenvalue weighted by atomic mass is 9.79. The predicted molar refractivity (Wildman–Crippen MR) is 185 cm³/mol. The van der Waals surface area contributed by atoms with Gasteiger partial charge in [-0.2, -0.15) is 5.26 Å². The van der Waals surface area contributed by atoms with Crippen molar-refractivity contribution in [2.45, 2.75) is 77.5 Å². The van der Waals surface area contributed by atoms with Crippen LogP contribution < -0.4 is 9.47 Å². The van der Waals surface area contributed by atoms with E-state index < -0.39 is 14.1 Å². The van der Waals surface area contributed by atoms with Gasteiger partial charge in [0.2, 0.25) is 0 Å². The number of nitriles is 1. The van der Waals surface area contributed by atoms with E-state index >= 15 is 0 Å². The van der Waals surface area contributed by atoms with Gasteiger partial charge in [0, 0.05) is 12.1 Å². The lowest BCUT2D eigenvalue weighted by molar-refractivity contribution is -0.0189. The predicted octanol–water partition coefficient (Wildman–Crippen LogP) is 9.11. The second-order valence-corrected chi connectivity index (χ2v) is 14.0. The summed E-state index contributed by atoms with van der Waals surface area (Å²) < 4.78 is 33.1. The van der Waals surface area contributed by atoms with Crippen LogP contribution in [0.25, 0.3) is 0 Å². The maximum absolute atomic E-state index is 9.03. The van der Waals surface area contributed by atoms with Crippen molar-refractivity contribution in [2.24, 2.45) is 11.8 Å². The van der Waals surface area contributed by atoms with E-state index in [2.05, 4.69) is 87.0 Å². The Morgan fingerprint density at radius 3 is 1.65 bits per heavy atom. The third-order valence-corrected chi connectivity index (χ3v) is 10.8. The second-order valence-electron chi connectivity index (χ2n) is 12.5. The van der Waals surface area contributed by atoms with Crippen LogP contribution in [-0.4, -0.2) is 50.8 Å². The summed E-state index contributed by atoms with van der Waals surface area (Å²) in [6.07, 6.45) is 4.70. The average molecular weight is 647 g/mol. The van der Waals surface area contributed by atoms with Crippen LogP contribution in [0, 0.1) is 23.2 Å². The quantitative estimate of drug-likeness (QED) is 0.0823. The largest absolute Gasteiger partial charge is 0.497 e. The van der Waals surface area contributed by atoms with Gasteiger partial charge in [-0.25, -0.2) is 4.67 Å². The van der Waals surface area contributed by atoms with Crippen LogP contribution in [0.2, 0.25) is 0 Å². The highest BCUT2D eigenvalue weighted by Gasteiger charge is 2.39. The molecule has 248 valence electrons. The molecule has 0 heterocycles. The van der Waals surface area contributed by atoms with E-state index in [-0.39, 0.29) is 0 Å². The van der Waals surface area contributed by atoms with Crippen LogP contribution in [0.15, 0.2) is 78.9 Å². The van der Waals surface area contributed by atoms with Crippen molar-refractivity contribution in [2.75, 3.05) is 34.0 Å². The molecule has 46 heavy (non-hydrogen) atoms. The summed E-state index contributed by atoms with van der Waals surface area (Å²) >= 11 is 0. The topological polar surface area (TPSA) is 73.2 Å². The maximum Gasteiger partial charge on any atom is 0.259 e. The zero-order chi connectivity index (χ0) is 32.9. The number of methoxy groups -OCH3 is 2. The van der Waals surface area contributed by atoms with E-state index in [4.69, 9.17) is 28.5 Å². The van der Waals surface area contributed by atoms with Gasteiger partial charge in [0.05, 0.1) is 46.5 Å². The third kappa shape index (κ3) is 9.09. The first kappa shape index (κ1) is 35.9. The number of hydrogen-bond acceptors (Lipinski definition) is 7. The number of ether oxygens (including phenoxy) is 3. The molecule has 7 nitrogen and oxygen atoms in total. The first-order valence-electron chi connectivity index (χ1n) is 16.5. The van der Waals surface area contributed by atoms with Crippen molar-refractivity contribution < 1.29 is 23.3 Å². The van der Waals surface area contributed by atoms with Crippen molar-refractivity contribution in [3.05, 3.63) is 95.6 Å². The Hall–Kier alpha value is -2.98. The molecule has 0 spiro atoms. The van der Waals surface area contributed by atoms with E-state index in [0.29, 0.717) is 50.2 Å². The molecule has 1 atom stereocenters. The first-order chi connectivity index (χ1) is 22.3. The molecular weight excluding hydrogens is 595 g/mol. The molecule has 0 saturated heterocycles. The van der Waals surface area contributed by atoms with Gasteiger partial charge in [-0.3, -0.25) is 0 Å².